The number of pyridine rings is 1. The van der Waals surface area contributed by atoms with E-state index in [1.165, 1.54) is 22.3 Å². The summed E-state index contributed by atoms with van der Waals surface area (Å²) in [4.78, 5) is 4.43. The van der Waals surface area contributed by atoms with Crippen LogP contribution in [0.2, 0.25) is 0 Å². The van der Waals surface area contributed by atoms with E-state index in [4.69, 9.17) is 0 Å². The first kappa shape index (κ1) is 9.91. The number of rotatable bonds is 1. The number of hydrogen-bond acceptors (Lipinski definition) is 1. The first-order chi connectivity index (χ1) is 7.18. The van der Waals surface area contributed by atoms with Crippen molar-refractivity contribution in [1.29, 1.82) is 0 Å². The fourth-order valence-corrected chi connectivity index (χ4v) is 1.89. The third-order valence-electron chi connectivity index (χ3n) is 2.65. The first-order valence-corrected chi connectivity index (χ1v) is 5.18. The number of aromatic nitrogens is 1. The van der Waals surface area contributed by atoms with E-state index in [0.717, 1.165) is 5.69 Å². The quantitative estimate of drug-likeness (QED) is 0.679. The van der Waals surface area contributed by atoms with E-state index in [-0.39, 0.29) is 0 Å². The first-order valence-electron chi connectivity index (χ1n) is 5.18. The Morgan fingerprint density at radius 1 is 0.933 bits per heavy atom. The zero-order chi connectivity index (χ0) is 10.8. The van der Waals surface area contributed by atoms with Gasteiger partial charge >= 0.3 is 0 Å². The van der Waals surface area contributed by atoms with Gasteiger partial charge in [0.2, 0.25) is 0 Å². The maximum Gasteiger partial charge on any atom is 0.0709 e. The van der Waals surface area contributed by atoms with E-state index in [0.29, 0.717) is 0 Å². The predicted molar refractivity (Wildman–Crippen MR) is 63.9 cm³/mol. The Morgan fingerprint density at radius 2 is 1.60 bits per heavy atom. The molecular formula is C14H15N. The van der Waals surface area contributed by atoms with Crippen molar-refractivity contribution in [1.82, 2.24) is 4.98 Å². The lowest BCUT2D eigenvalue weighted by Crippen LogP contribution is -1.90. The van der Waals surface area contributed by atoms with Crippen molar-refractivity contribution in [2.24, 2.45) is 0 Å². The van der Waals surface area contributed by atoms with Gasteiger partial charge in [-0.3, -0.25) is 4.98 Å². The molecule has 0 aliphatic carbocycles. The Hall–Kier alpha value is -1.63. The minimum absolute atomic E-state index is 1.07. The van der Waals surface area contributed by atoms with Crippen LogP contribution in [0, 0.1) is 20.8 Å². The second kappa shape index (κ2) is 3.85. The second-order valence-electron chi connectivity index (χ2n) is 3.99. The molecule has 0 unspecified atom stereocenters. The van der Waals surface area contributed by atoms with Gasteiger partial charge in [0.25, 0.3) is 0 Å². The van der Waals surface area contributed by atoms with Gasteiger partial charge in [-0.1, -0.05) is 18.2 Å². The van der Waals surface area contributed by atoms with Gasteiger partial charge in [-0.25, -0.2) is 0 Å². The Morgan fingerprint density at radius 3 is 2.20 bits per heavy atom. The normalized spacial score (nSPS) is 10.3. The molecule has 0 spiro atoms. The van der Waals surface area contributed by atoms with Gasteiger partial charge in [-0.05, 0) is 49.6 Å². The van der Waals surface area contributed by atoms with E-state index in [9.17, 15) is 0 Å². The van der Waals surface area contributed by atoms with Gasteiger partial charge < -0.3 is 0 Å². The number of nitrogens with zero attached hydrogens (tertiary/aromatic N) is 1. The highest BCUT2D eigenvalue weighted by Crippen LogP contribution is 2.25. The summed E-state index contributed by atoms with van der Waals surface area (Å²) in [5, 5.41) is 0. The summed E-state index contributed by atoms with van der Waals surface area (Å²) in [6, 6.07) is 10.5. The fraction of sp³-hybridized carbons (Fsp3) is 0.214. The molecule has 0 saturated carbocycles. The van der Waals surface area contributed by atoms with E-state index in [1.807, 2.05) is 12.3 Å². The van der Waals surface area contributed by atoms with Crippen LogP contribution in [0.5, 0.6) is 0 Å². The van der Waals surface area contributed by atoms with Crippen molar-refractivity contribution < 1.29 is 0 Å². The van der Waals surface area contributed by atoms with Crippen LogP contribution in [0.4, 0.5) is 0 Å². The minimum atomic E-state index is 1.07. The monoisotopic (exact) mass is 197 g/mol. The third kappa shape index (κ3) is 1.91. The van der Waals surface area contributed by atoms with Crippen LogP contribution in [-0.2, 0) is 0 Å². The zero-order valence-electron chi connectivity index (χ0n) is 9.41. The Kier molecular flexibility index (Phi) is 2.55. The molecule has 1 nitrogen and oxygen atoms in total. The number of benzene rings is 1. The van der Waals surface area contributed by atoms with Crippen molar-refractivity contribution in [3.05, 3.63) is 53.2 Å². The SMILES string of the molecule is Cc1ccnc(-c2c(C)cccc2C)c1. The molecule has 0 fully saturated rings. The summed E-state index contributed by atoms with van der Waals surface area (Å²) in [6.07, 6.45) is 1.87. The number of aryl methyl sites for hydroxylation is 3. The topological polar surface area (TPSA) is 12.9 Å². The van der Waals surface area contributed by atoms with Gasteiger partial charge in [0, 0.05) is 11.8 Å². The van der Waals surface area contributed by atoms with Crippen molar-refractivity contribution in [2.45, 2.75) is 20.8 Å². The van der Waals surface area contributed by atoms with E-state index in [2.05, 4.69) is 50.0 Å². The fourth-order valence-electron chi connectivity index (χ4n) is 1.89. The largest absolute Gasteiger partial charge is 0.256 e. The molecule has 0 aliphatic rings. The Bertz CT molecular complexity index is 466. The molecule has 0 aliphatic heterocycles. The van der Waals surface area contributed by atoms with Crippen molar-refractivity contribution in [3.8, 4) is 11.3 Å². The molecule has 1 aromatic heterocycles. The van der Waals surface area contributed by atoms with Crippen molar-refractivity contribution >= 4 is 0 Å². The van der Waals surface area contributed by atoms with E-state index >= 15 is 0 Å². The van der Waals surface area contributed by atoms with Crippen LogP contribution >= 0.6 is 0 Å². The lowest BCUT2D eigenvalue weighted by atomic mass is 9.99. The Labute approximate surface area is 90.8 Å². The van der Waals surface area contributed by atoms with Gasteiger partial charge in [-0.15, -0.1) is 0 Å². The van der Waals surface area contributed by atoms with Gasteiger partial charge in [0.1, 0.15) is 0 Å². The van der Waals surface area contributed by atoms with Gasteiger partial charge in [0.05, 0.1) is 5.69 Å². The van der Waals surface area contributed by atoms with Crippen LogP contribution in [0.25, 0.3) is 11.3 Å². The molecule has 1 heteroatoms. The molecule has 1 aromatic carbocycles. The molecular weight excluding hydrogens is 182 g/mol. The zero-order valence-corrected chi connectivity index (χ0v) is 9.41. The average Bonchev–Trinajstić information content (AvgIpc) is 2.17. The maximum atomic E-state index is 4.43. The van der Waals surface area contributed by atoms with Gasteiger partial charge in [0.15, 0.2) is 0 Å². The molecule has 76 valence electrons. The van der Waals surface area contributed by atoms with Gasteiger partial charge in [-0.2, -0.15) is 0 Å². The summed E-state index contributed by atoms with van der Waals surface area (Å²) >= 11 is 0. The summed E-state index contributed by atoms with van der Waals surface area (Å²) in [5.41, 5.74) is 6.16. The summed E-state index contributed by atoms with van der Waals surface area (Å²) in [7, 11) is 0. The molecule has 0 amide bonds. The molecule has 1 heterocycles. The molecule has 0 bridgehead atoms. The Balaban J connectivity index is 2.63. The summed E-state index contributed by atoms with van der Waals surface area (Å²) in [6.45, 7) is 6.36. The van der Waals surface area contributed by atoms with Crippen molar-refractivity contribution in [3.63, 3.8) is 0 Å². The summed E-state index contributed by atoms with van der Waals surface area (Å²) in [5.74, 6) is 0. The predicted octanol–water partition coefficient (Wildman–Crippen LogP) is 3.67. The van der Waals surface area contributed by atoms with Crippen LogP contribution < -0.4 is 0 Å². The highest BCUT2D eigenvalue weighted by atomic mass is 14.7. The van der Waals surface area contributed by atoms with Crippen LogP contribution in [0.15, 0.2) is 36.5 Å². The summed E-state index contributed by atoms with van der Waals surface area (Å²) < 4.78 is 0. The standard InChI is InChI=1S/C14H15N/c1-10-7-8-15-13(9-10)14-11(2)5-4-6-12(14)3/h4-9H,1-3H3. The third-order valence-corrected chi connectivity index (χ3v) is 2.65. The molecule has 15 heavy (non-hydrogen) atoms. The minimum Gasteiger partial charge on any atom is -0.256 e. The lowest BCUT2D eigenvalue weighted by Gasteiger charge is -2.09. The molecule has 0 radical (unpaired) electrons. The molecule has 0 atom stereocenters. The molecule has 2 rings (SSSR count). The maximum absolute atomic E-state index is 4.43. The van der Waals surface area contributed by atoms with Crippen LogP contribution in [-0.4, -0.2) is 4.98 Å². The molecule has 2 aromatic rings. The van der Waals surface area contributed by atoms with Crippen molar-refractivity contribution in [2.75, 3.05) is 0 Å². The molecule has 0 N–H and O–H groups in total. The average molecular weight is 197 g/mol. The second-order valence-corrected chi connectivity index (χ2v) is 3.99. The van der Waals surface area contributed by atoms with Crippen LogP contribution in [0.3, 0.4) is 0 Å². The lowest BCUT2D eigenvalue weighted by molar-refractivity contribution is 1.25. The smallest absolute Gasteiger partial charge is 0.0709 e. The van der Waals surface area contributed by atoms with E-state index in [1.54, 1.807) is 0 Å². The highest BCUT2D eigenvalue weighted by Gasteiger charge is 2.05. The molecule has 0 saturated heterocycles. The number of hydrogen-bond donors (Lipinski definition) is 0. The van der Waals surface area contributed by atoms with Crippen LogP contribution in [0.1, 0.15) is 16.7 Å². The highest BCUT2D eigenvalue weighted by molar-refractivity contribution is 5.67. The van der Waals surface area contributed by atoms with E-state index < -0.39 is 0 Å².